The molecule has 1 aromatic carbocycles. The van der Waals surface area contributed by atoms with E-state index in [9.17, 15) is 9.59 Å². The van der Waals surface area contributed by atoms with Crippen molar-refractivity contribution in [1.29, 1.82) is 0 Å². The van der Waals surface area contributed by atoms with Crippen molar-refractivity contribution in [3.63, 3.8) is 0 Å². The third-order valence-electron chi connectivity index (χ3n) is 4.37. The Morgan fingerprint density at radius 2 is 1.95 bits per heavy atom. The van der Waals surface area contributed by atoms with Crippen LogP contribution in [0.3, 0.4) is 0 Å². The van der Waals surface area contributed by atoms with Crippen molar-refractivity contribution in [3.05, 3.63) is 35.9 Å². The molecular formula is C17H21NO4. The van der Waals surface area contributed by atoms with E-state index in [4.69, 9.17) is 9.47 Å². The Hall–Kier alpha value is -1.88. The van der Waals surface area contributed by atoms with Gasteiger partial charge >= 0.3 is 5.97 Å². The van der Waals surface area contributed by atoms with E-state index in [0.717, 1.165) is 6.42 Å². The summed E-state index contributed by atoms with van der Waals surface area (Å²) < 4.78 is 10.3. The Balaban J connectivity index is 1.64. The number of amides is 1. The monoisotopic (exact) mass is 303 g/mol. The van der Waals surface area contributed by atoms with Crippen LogP contribution in [0.15, 0.2) is 30.3 Å². The minimum Gasteiger partial charge on any atom is -0.467 e. The van der Waals surface area contributed by atoms with Gasteiger partial charge in [0.25, 0.3) is 0 Å². The average molecular weight is 303 g/mol. The molecule has 4 atom stereocenters. The van der Waals surface area contributed by atoms with Crippen LogP contribution in [-0.4, -0.2) is 49.2 Å². The molecular weight excluding hydrogens is 282 g/mol. The van der Waals surface area contributed by atoms with Gasteiger partial charge in [-0.1, -0.05) is 30.3 Å². The average Bonchev–Trinajstić information content (AvgIpc) is 3.34. The molecule has 1 aromatic rings. The molecule has 1 aliphatic heterocycles. The van der Waals surface area contributed by atoms with E-state index in [0.29, 0.717) is 12.5 Å². The van der Waals surface area contributed by atoms with E-state index >= 15 is 0 Å². The Kier molecular flexibility index (Phi) is 4.16. The molecule has 2 fully saturated rings. The minimum atomic E-state index is -0.674. The van der Waals surface area contributed by atoms with Crippen molar-refractivity contribution >= 4 is 11.9 Å². The first-order valence-electron chi connectivity index (χ1n) is 7.67. The molecule has 5 nitrogen and oxygen atoms in total. The number of nitrogens with zero attached hydrogens (tertiary/aromatic N) is 1. The number of benzene rings is 1. The number of carbonyl (C=O) groups excluding carboxylic acids is 2. The smallest absolute Gasteiger partial charge is 0.336 e. The van der Waals surface area contributed by atoms with E-state index in [2.05, 4.69) is 12.1 Å². The Labute approximate surface area is 130 Å². The van der Waals surface area contributed by atoms with Crippen molar-refractivity contribution in [2.24, 2.45) is 5.92 Å². The highest BCUT2D eigenvalue weighted by molar-refractivity contribution is 5.84. The second kappa shape index (κ2) is 6.08. The second-order valence-electron chi connectivity index (χ2n) is 6.06. The summed E-state index contributed by atoms with van der Waals surface area (Å²) in [5.41, 5.74) is 1.21. The zero-order chi connectivity index (χ0) is 15.7. The number of hydrogen-bond donors (Lipinski definition) is 0. The zero-order valence-electron chi connectivity index (χ0n) is 12.9. The summed E-state index contributed by atoms with van der Waals surface area (Å²) in [4.78, 5) is 26.1. The molecule has 1 heterocycles. The third kappa shape index (κ3) is 2.99. The maximum absolute atomic E-state index is 12.7. The highest BCUT2D eigenvalue weighted by Crippen LogP contribution is 2.48. The van der Waals surface area contributed by atoms with Gasteiger partial charge < -0.3 is 14.4 Å². The summed E-state index contributed by atoms with van der Waals surface area (Å²) in [5.74, 6) is 0.0482. The van der Waals surface area contributed by atoms with Crippen LogP contribution in [0, 0.1) is 5.92 Å². The minimum absolute atomic E-state index is 0.0333. The van der Waals surface area contributed by atoms with Crippen molar-refractivity contribution in [2.75, 3.05) is 20.2 Å². The van der Waals surface area contributed by atoms with Crippen LogP contribution < -0.4 is 0 Å². The van der Waals surface area contributed by atoms with E-state index in [1.807, 2.05) is 25.1 Å². The Morgan fingerprint density at radius 1 is 1.23 bits per heavy atom. The van der Waals surface area contributed by atoms with Gasteiger partial charge in [-0.2, -0.15) is 0 Å². The molecule has 1 amide bonds. The lowest BCUT2D eigenvalue weighted by Gasteiger charge is -2.35. The number of morpholine rings is 1. The van der Waals surface area contributed by atoms with Crippen LogP contribution in [-0.2, 0) is 19.1 Å². The predicted molar refractivity (Wildman–Crippen MR) is 80.2 cm³/mol. The molecule has 0 N–H and O–H groups in total. The summed E-state index contributed by atoms with van der Waals surface area (Å²) in [7, 11) is 1.34. The van der Waals surface area contributed by atoms with Crippen LogP contribution in [0.4, 0.5) is 0 Å². The lowest BCUT2D eigenvalue weighted by Crippen LogP contribution is -2.52. The number of rotatable bonds is 3. The zero-order valence-corrected chi connectivity index (χ0v) is 12.9. The van der Waals surface area contributed by atoms with Gasteiger partial charge in [0, 0.05) is 12.5 Å². The highest BCUT2D eigenvalue weighted by Gasteiger charge is 2.47. The van der Waals surface area contributed by atoms with E-state index in [-0.39, 0.29) is 24.5 Å². The summed E-state index contributed by atoms with van der Waals surface area (Å²) in [6.07, 6.45) is 0.0552. The maximum Gasteiger partial charge on any atom is 0.336 e. The molecule has 5 heteroatoms. The SMILES string of the molecule is COC(=O)[C@H]1CN(C(=O)C2CC2c2ccccc2)C[C@@H](C)O1. The summed E-state index contributed by atoms with van der Waals surface area (Å²) >= 11 is 0. The summed E-state index contributed by atoms with van der Waals surface area (Å²) in [6, 6.07) is 10.1. The predicted octanol–water partition coefficient (Wildman–Crippen LogP) is 1.58. The number of ether oxygens (including phenoxy) is 2. The third-order valence-corrected chi connectivity index (χ3v) is 4.37. The molecule has 2 aliphatic rings. The van der Waals surface area contributed by atoms with Crippen molar-refractivity contribution in [2.45, 2.75) is 31.5 Å². The first kappa shape index (κ1) is 15.0. The fourth-order valence-electron chi connectivity index (χ4n) is 3.16. The normalized spacial score (nSPS) is 30.7. The van der Waals surface area contributed by atoms with Gasteiger partial charge in [0.05, 0.1) is 19.8 Å². The van der Waals surface area contributed by atoms with Gasteiger partial charge in [-0.15, -0.1) is 0 Å². The topological polar surface area (TPSA) is 55.8 Å². The first-order chi connectivity index (χ1) is 10.6. The molecule has 3 rings (SSSR count). The van der Waals surface area contributed by atoms with Gasteiger partial charge in [-0.25, -0.2) is 4.79 Å². The number of methoxy groups -OCH3 is 1. The molecule has 0 aromatic heterocycles. The quantitative estimate of drug-likeness (QED) is 0.796. The number of esters is 1. The van der Waals surface area contributed by atoms with Crippen LogP contribution in [0.25, 0.3) is 0 Å². The molecule has 1 aliphatic carbocycles. The molecule has 0 bridgehead atoms. The number of hydrogen-bond acceptors (Lipinski definition) is 4. The van der Waals surface area contributed by atoms with Crippen LogP contribution >= 0.6 is 0 Å². The fourth-order valence-corrected chi connectivity index (χ4v) is 3.16. The largest absolute Gasteiger partial charge is 0.467 e. The van der Waals surface area contributed by atoms with Gasteiger partial charge in [-0.05, 0) is 24.8 Å². The number of carbonyl (C=O) groups is 2. The van der Waals surface area contributed by atoms with Crippen LogP contribution in [0.2, 0.25) is 0 Å². The van der Waals surface area contributed by atoms with Gasteiger partial charge in [0.2, 0.25) is 5.91 Å². The Morgan fingerprint density at radius 3 is 2.64 bits per heavy atom. The molecule has 0 radical (unpaired) electrons. The van der Waals surface area contributed by atoms with Gasteiger partial charge in [0.1, 0.15) is 0 Å². The maximum atomic E-state index is 12.7. The first-order valence-corrected chi connectivity index (χ1v) is 7.67. The molecule has 1 saturated carbocycles. The van der Waals surface area contributed by atoms with Crippen molar-refractivity contribution < 1.29 is 19.1 Å². The Bertz CT molecular complexity index is 559. The van der Waals surface area contributed by atoms with E-state index < -0.39 is 12.1 Å². The molecule has 118 valence electrons. The lowest BCUT2D eigenvalue weighted by molar-refractivity contribution is -0.169. The molecule has 22 heavy (non-hydrogen) atoms. The summed E-state index contributed by atoms with van der Waals surface area (Å²) in [5, 5.41) is 0. The second-order valence-corrected chi connectivity index (χ2v) is 6.06. The van der Waals surface area contributed by atoms with E-state index in [1.54, 1.807) is 4.90 Å². The lowest BCUT2D eigenvalue weighted by atomic mass is 10.1. The fraction of sp³-hybridized carbons (Fsp3) is 0.529. The standard InChI is InChI=1S/C17H21NO4/c1-11-9-18(10-15(22-11)17(20)21-2)16(19)14-8-13(14)12-6-4-3-5-7-12/h3-7,11,13-15H,8-10H2,1-2H3/t11-,13?,14?,15-/m1/s1. The molecule has 1 saturated heterocycles. The van der Waals surface area contributed by atoms with Crippen molar-refractivity contribution in [1.82, 2.24) is 4.90 Å². The van der Waals surface area contributed by atoms with Crippen LogP contribution in [0.1, 0.15) is 24.8 Å². The van der Waals surface area contributed by atoms with E-state index in [1.165, 1.54) is 12.7 Å². The van der Waals surface area contributed by atoms with Crippen molar-refractivity contribution in [3.8, 4) is 0 Å². The summed E-state index contributed by atoms with van der Waals surface area (Å²) in [6.45, 7) is 2.69. The molecule has 0 spiro atoms. The van der Waals surface area contributed by atoms with Gasteiger partial charge in [-0.3, -0.25) is 4.79 Å². The van der Waals surface area contributed by atoms with Crippen LogP contribution in [0.5, 0.6) is 0 Å². The highest BCUT2D eigenvalue weighted by atomic mass is 16.6. The van der Waals surface area contributed by atoms with Gasteiger partial charge in [0.15, 0.2) is 6.10 Å². The molecule has 2 unspecified atom stereocenters.